The highest BCUT2D eigenvalue weighted by atomic mass is 35.5. The van der Waals surface area contributed by atoms with Gasteiger partial charge in [-0.05, 0) is 55.0 Å². The first kappa shape index (κ1) is 19.0. The molecule has 4 rings (SSSR count). The smallest absolute Gasteiger partial charge is 0.317 e. The number of carbonyl (C=O) groups excluding carboxylic acids is 2. The van der Waals surface area contributed by atoms with E-state index in [9.17, 15) is 9.59 Å². The van der Waals surface area contributed by atoms with Crippen LogP contribution in [0.1, 0.15) is 43.2 Å². The van der Waals surface area contributed by atoms with Gasteiger partial charge < -0.3 is 9.64 Å². The summed E-state index contributed by atoms with van der Waals surface area (Å²) in [4.78, 5) is 27.6. The summed E-state index contributed by atoms with van der Waals surface area (Å²) < 4.78 is 5.58. The van der Waals surface area contributed by atoms with Crippen molar-refractivity contribution in [3.8, 4) is 0 Å². The number of esters is 1. The lowest BCUT2D eigenvalue weighted by Crippen LogP contribution is -2.41. The molecule has 0 unspecified atom stereocenters. The van der Waals surface area contributed by atoms with Crippen LogP contribution in [0.25, 0.3) is 0 Å². The maximum atomic E-state index is 13.1. The first-order valence-corrected chi connectivity index (χ1v) is 10.3. The average Bonchev–Trinajstić information content (AvgIpc) is 3.23. The summed E-state index contributed by atoms with van der Waals surface area (Å²) in [6, 6.07) is 15.3. The molecule has 0 atom stereocenters. The number of amides is 1. The molecule has 4 nitrogen and oxygen atoms in total. The van der Waals surface area contributed by atoms with Gasteiger partial charge in [-0.25, -0.2) is 0 Å². The summed E-state index contributed by atoms with van der Waals surface area (Å²) >= 11 is 6.01. The Balaban J connectivity index is 1.47. The zero-order chi connectivity index (χ0) is 19.6. The van der Waals surface area contributed by atoms with E-state index in [0.717, 1.165) is 49.8 Å². The molecular formula is C23H24ClNO3. The zero-order valence-electron chi connectivity index (χ0n) is 15.8. The Morgan fingerprint density at radius 2 is 1.71 bits per heavy atom. The third kappa shape index (κ3) is 3.53. The third-order valence-electron chi connectivity index (χ3n) is 5.98. The molecule has 1 aliphatic heterocycles. The van der Waals surface area contributed by atoms with Crippen LogP contribution in [0, 0.1) is 0 Å². The molecule has 0 spiro atoms. The van der Waals surface area contributed by atoms with E-state index in [1.165, 1.54) is 5.56 Å². The standard InChI is InChI=1S/C23H24ClNO3/c24-19-11-9-18(10-12-19)23(13-3-4-14-23)22(27)28-16-21(26)25-15-5-7-17-6-1-2-8-20(17)25/h1-2,6,8-12H,3-5,7,13-16H2. The molecule has 1 fully saturated rings. The van der Waals surface area contributed by atoms with Crippen molar-refractivity contribution in [3.05, 3.63) is 64.7 Å². The quantitative estimate of drug-likeness (QED) is 0.704. The number of para-hydroxylation sites is 1. The third-order valence-corrected chi connectivity index (χ3v) is 6.23. The molecule has 0 N–H and O–H groups in total. The maximum Gasteiger partial charge on any atom is 0.317 e. The number of nitrogens with zero attached hydrogens (tertiary/aromatic N) is 1. The van der Waals surface area contributed by atoms with Crippen molar-refractivity contribution in [2.75, 3.05) is 18.1 Å². The van der Waals surface area contributed by atoms with Crippen LogP contribution in [-0.2, 0) is 26.2 Å². The summed E-state index contributed by atoms with van der Waals surface area (Å²) in [5.41, 5.74) is 2.37. The van der Waals surface area contributed by atoms with Crippen LogP contribution in [0.15, 0.2) is 48.5 Å². The molecule has 0 saturated heterocycles. The Morgan fingerprint density at radius 1 is 1.00 bits per heavy atom. The van der Waals surface area contributed by atoms with Gasteiger partial charge in [-0.3, -0.25) is 9.59 Å². The van der Waals surface area contributed by atoms with Crippen LogP contribution in [-0.4, -0.2) is 25.0 Å². The fraction of sp³-hybridized carbons (Fsp3) is 0.391. The molecule has 5 heteroatoms. The van der Waals surface area contributed by atoms with E-state index in [2.05, 4.69) is 6.07 Å². The first-order valence-electron chi connectivity index (χ1n) is 9.92. The van der Waals surface area contributed by atoms with Crippen LogP contribution in [0.2, 0.25) is 5.02 Å². The molecule has 1 aliphatic carbocycles. The number of ether oxygens (including phenoxy) is 1. The Labute approximate surface area is 170 Å². The normalized spacial score (nSPS) is 17.8. The van der Waals surface area contributed by atoms with Gasteiger partial charge >= 0.3 is 5.97 Å². The molecule has 0 aromatic heterocycles. The minimum atomic E-state index is -0.662. The summed E-state index contributed by atoms with van der Waals surface area (Å²) in [5, 5.41) is 0.643. The fourth-order valence-corrected chi connectivity index (χ4v) is 4.62. The highest BCUT2D eigenvalue weighted by Gasteiger charge is 2.44. The lowest BCUT2D eigenvalue weighted by molar-refractivity contribution is -0.153. The van der Waals surface area contributed by atoms with Crippen molar-refractivity contribution in [1.82, 2.24) is 0 Å². The second kappa shape index (κ2) is 7.96. The van der Waals surface area contributed by atoms with Gasteiger partial charge in [0, 0.05) is 17.3 Å². The van der Waals surface area contributed by atoms with Gasteiger partial charge in [-0.1, -0.05) is 54.8 Å². The first-order chi connectivity index (χ1) is 13.6. The summed E-state index contributed by atoms with van der Waals surface area (Å²) in [5.74, 6) is -0.462. The number of hydrogen-bond acceptors (Lipinski definition) is 3. The van der Waals surface area contributed by atoms with Crippen LogP contribution in [0.3, 0.4) is 0 Å². The van der Waals surface area contributed by atoms with Crippen molar-refractivity contribution in [1.29, 1.82) is 0 Å². The highest BCUT2D eigenvalue weighted by molar-refractivity contribution is 6.30. The molecule has 146 valence electrons. The molecule has 2 aliphatic rings. The van der Waals surface area contributed by atoms with Gasteiger partial charge in [0.25, 0.3) is 5.91 Å². The Morgan fingerprint density at radius 3 is 2.46 bits per heavy atom. The van der Waals surface area contributed by atoms with E-state index >= 15 is 0 Å². The van der Waals surface area contributed by atoms with Gasteiger partial charge in [0.2, 0.25) is 0 Å². The summed E-state index contributed by atoms with van der Waals surface area (Å²) in [7, 11) is 0. The van der Waals surface area contributed by atoms with E-state index in [1.807, 2.05) is 30.3 Å². The average molecular weight is 398 g/mol. The van der Waals surface area contributed by atoms with Gasteiger partial charge in [-0.15, -0.1) is 0 Å². The lowest BCUT2D eigenvalue weighted by Gasteiger charge is -2.30. The highest BCUT2D eigenvalue weighted by Crippen LogP contribution is 2.42. The van der Waals surface area contributed by atoms with E-state index in [1.54, 1.807) is 17.0 Å². The molecule has 0 bridgehead atoms. The number of hydrogen-bond donors (Lipinski definition) is 0. The molecule has 2 aromatic carbocycles. The number of halogens is 1. The van der Waals surface area contributed by atoms with Gasteiger partial charge in [0.05, 0.1) is 5.41 Å². The predicted octanol–water partition coefficient (Wildman–Crippen LogP) is 4.67. The van der Waals surface area contributed by atoms with Gasteiger partial charge in [0.15, 0.2) is 6.61 Å². The number of aryl methyl sites for hydroxylation is 1. The molecule has 1 saturated carbocycles. The molecular weight excluding hydrogens is 374 g/mol. The van der Waals surface area contributed by atoms with Crippen LogP contribution in [0.5, 0.6) is 0 Å². The van der Waals surface area contributed by atoms with Crippen LogP contribution in [0.4, 0.5) is 5.69 Å². The number of rotatable bonds is 4. The Kier molecular flexibility index (Phi) is 5.40. The van der Waals surface area contributed by atoms with Gasteiger partial charge in [0.1, 0.15) is 0 Å². The molecule has 0 radical (unpaired) electrons. The zero-order valence-corrected chi connectivity index (χ0v) is 16.6. The minimum Gasteiger partial charge on any atom is -0.455 e. The van der Waals surface area contributed by atoms with Gasteiger partial charge in [-0.2, -0.15) is 0 Å². The fourth-order valence-electron chi connectivity index (χ4n) is 4.49. The van der Waals surface area contributed by atoms with Crippen LogP contribution < -0.4 is 4.90 Å². The Hall–Kier alpha value is -2.33. The van der Waals surface area contributed by atoms with Crippen molar-refractivity contribution in [3.63, 3.8) is 0 Å². The topological polar surface area (TPSA) is 46.6 Å². The molecule has 2 aromatic rings. The van der Waals surface area contributed by atoms with Crippen molar-refractivity contribution >= 4 is 29.2 Å². The maximum absolute atomic E-state index is 13.1. The number of benzene rings is 2. The number of carbonyl (C=O) groups is 2. The van der Waals surface area contributed by atoms with Crippen LogP contribution >= 0.6 is 11.6 Å². The van der Waals surface area contributed by atoms with E-state index in [-0.39, 0.29) is 18.5 Å². The predicted molar refractivity (Wildman–Crippen MR) is 110 cm³/mol. The molecule has 1 heterocycles. The molecule has 28 heavy (non-hydrogen) atoms. The SMILES string of the molecule is O=C(COC(=O)C1(c2ccc(Cl)cc2)CCCC1)N1CCCc2ccccc21. The van der Waals surface area contributed by atoms with Crippen molar-refractivity contribution in [2.45, 2.75) is 43.9 Å². The van der Waals surface area contributed by atoms with Crippen molar-refractivity contribution in [2.24, 2.45) is 0 Å². The second-order valence-corrected chi connectivity index (χ2v) is 8.09. The monoisotopic (exact) mass is 397 g/mol. The largest absolute Gasteiger partial charge is 0.455 e. The molecule has 1 amide bonds. The van der Waals surface area contributed by atoms with E-state index in [4.69, 9.17) is 16.3 Å². The summed E-state index contributed by atoms with van der Waals surface area (Å²) in [6.45, 7) is 0.443. The number of anilines is 1. The van der Waals surface area contributed by atoms with E-state index in [0.29, 0.717) is 11.6 Å². The lowest BCUT2D eigenvalue weighted by atomic mass is 9.79. The Bertz CT molecular complexity index is 872. The minimum absolute atomic E-state index is 0.162. The number of fused-ring (bicyclic) bond motifs is 1. The van der Waals surface area contributed by atoms with Crippen molar-refractivity contribution < 1.29 is 14.3 Å². The summed E-state index contributed by atoms with van der Waals surface area (Å²) in [6.07, 6.45) is 5.34. The van der Waals surface area contributed by atoms with E-state index < -0.39 is 5.41 Å². The second-order valence-electron chi connectivity index (χ2n) is 7.65.